The van der Waals surface area contributed by atoms with Crippen LogP contribution in [0.1, 0.15) is 27.7 Å². The Morgan fingerprint density at radius 2 is 0.820 bits per heavy atom. The molecule has 29 heteroatoms. The number of hydrogen-bond acceptors (Lipinski definition) is 23. The molecule has 0 radical (unpaired) electrons. The molecule has 14 N–H and O–H groups in total. The number of carbonyl (C=O) groups is 4. The summed E-state index contributed by atoms with van der Waals surface area (Å²) in [5.41, 5.74) is 0. The van der Waals surface area contributed by atoms with E-state index in [1.165, 1.54) is 0 Å². The van der Waals surface area contributed by atoms with Crippen LogP contribution < -0.4 is 21.3 Å². The molecule has 0 aromatic heterocycles. The van der Waals surface area contributed by atoms with E-state index in [-0.39, 0.29) is 0 Å². The summed E-state index contributed by atoms with van der Waals surface area (Å²) in [4.78, 5) is 48.7. The molecule has 20 atom stereocenters. The number of amides is 4. The minimum Gasteiger partial charge on any atom is -0.394 e. The molecule has 4 rings (SSSR count). The summed E-state index contributed by atoms with van der Waals surface area (Å²) in [6.45, 7) is 0.251. The molecule has 4 amide bonds. The van der Waals surface area contributed by atoms with Crippen LogP contribution in [0.25, 0.3) is 0 Å². The number of ether oxygens (including phenoxy) is 7. The van der Waals surface area contributed by atoms with Crippen LogP contribution >= 0.6 is 0 Å². The summed E-state index contributed by atoms with van der Waals surface area (Å²) < 4.78 is 76.7. The maximum atomic E-state index is 12.4. The lowest BCUT2D eigenvalue weighted by molar-refractivity contribution is -0.361. The quantitative estimate of drug-likeness (QED) is 0.0639. The van der Waals surface area contributed by atoms with Gasteiger partial charge in [0.15, 0.2) is 25.2 Å². The SMILES string of the molecule is CC(=O)N[C@H]1[C@H](O[C@H]2[C@H](O)[C@@H](NC(C)=O)C(O)O[C@@H]2COS(=O)(=O)O)O[C@H](CO)[C@@H](O[C@@H]2O[C@H](CO)[C@@H](O[C@@H]3O[C@H](CO)[C@@H](O)[C@H](O)[C@H]3NC(C)=O)[C@H](O)[C@H]2NC(C)=O)[C@@H]1O. The van der Waals surface area contributed by atoms with E-state index >= 15 is 0 Å². The second kappa shape index (κ2) is 21.7. The predicted octanol–water partition coefficient (Wildman–Crippen LogP) is -9.35. The van der Waals surface area contributed by atoms with Crippen molar-refractivity contribution < 1.29 is 115 Å². The maximum Gasteiger partial charge on any atom is 0.397 e. The van der Waals surface area contributed by atoms with Crippen LogP contribution in [-0.4, -0.2) is 232 Å². The fraction of sp³-hybridized carbons (Fsp3) is 0.875. The van der Waals surface area contributed by atoms with E-state index < -0.39 is 183 Å². The molecular weight excluding hydrogens is 856 g/mol. The third-order valence-corrected chi connectivity index (χ3v) is 10.4. The molecule has 28 nitrogen and oxygen atoms in total. The van der Waals surface area contributed by atoms with E-state index in [2.05, 4.69) is 25.5 Å². The van der Waals surface area contributed by atoms with Crippen LogP contribution in [0.3, 0.4) is 0 Å². The molecule has 61 heavy (non-hydrogen) atoms. The van der Waals surface area contributed by atoms with Crippen molar-refractivity contribution in [2.45, 2.75) is 150 Å². The molecule has 1 unspecified atom stereocenters. The van der Waals surface area contributed by atoms with Crippen molar-refractivity contribution in [3.8, 4) is 0 Å². The van der Waals surface area contributed by atoms with Gasteiger partial charge in [0.05, 0.1) is 26.4 Å². The first-order valence-corrected chi connectivity index (χ1v) is 20.1. The van der Waals surface area contributed by atoms with E-state index in [9.17, 15) is 73.6 Å². The number of carbonyl (C=O) groups excluding carboxylic acids is 4. The van der Waals surface area contributed by atoms with Gasteiger partial charge in [-0.2, -0.15) is 8.42 Å². The zero-order chi connectivity index (χ0) is 45.7. The Hall–Kier alpha value is -2.89. The minimum absolute atomic E-state index is 0.709. The Morgan fingerprint density at radius 1 is 0.492 bits per heavy atom. The molecule has 0 aromatic carbocycles. The molecule has 352 valence electrons. The highest BCUT2D eigenvalue weighted by Gasteiger charge is 2.56. The van der Waals surface area contributed by atoms with Crippen LogP contribution in [0.5, 0.6) is 0 Å². The van der Waals surface area contributed by atoms with Gasteiger partial charge in [0, 0.05) is 27.7 Å². The van der Waals surface area contributed by atoms with Gasteiger partial charge in [-0.1, -0.05) is 0 Å². The van der Waals surface area contributed by atoms with E-state index in [1.807, 2.05) is 0 Å². The van der Waals surface area contributed by atoms with Crippen LogP contribution in [0.4, 0.5) is 0 Å². The zero-order valence-corrected chi connectivity index (χ0v) is 33.8. The van der Waals surface area contributed by atoms with E-state index in [0.29, 0.717) is 0 Å². The van der Waals surface area contributed by atoms with E-state index in [0.717, 1.165) is 27.7 Å². The fourth-order valence-electron chi connectivity index (χ4n) is 7.31. The van der Waals surface area contributed by atoms with Crippen molar-refractivity contribution >= 4 is 34.0 Å². The van der Waals surface area contributed by atoms with Gasteiger partial charge >= 0.3 is 10.4 Å². The Bertz CT molecular complexity index is 1620. The fourth-order valence-corrected chi connectivity index (χ4v) is 7.62. The van der Waals surface area contributed by atoms with Gasteiger partial charge in [-0.15, -0.1) is 0 Å². The van der Waals surface area contributed by atoms with Gasteiger partial charge in [0.2, 0.25) is 23.6 Å². The second-order valence-electron chi connectivity index (χ2n) is 14.6. The highest BCUT2D eigenvalue weighted by molar-refractivity contribution is 7.80. The number of hydrogen-bond donors (Lipinski definition) is 14. The molecule has 4 saturated heterocycles. The molecule has 4 aliphatic heterocycles. The summed E-state index contributed by atoms with van der Waals surface area (Å²) in [7, 11) is -5.14. The molecule has 0 bridgehead atoms. The third-order valence-electron chi connectivity index (χ3n) is 10.0. The van der Waals surface area contributed by atoms with Gasteiger partial charge in [-0.05, 0) is 0 Å². The number of aliphatic hydroxyl groups excluding tert-OH is 9. The van der Waals surface area contributed by atoms with Crippen molar-refractivity contribution in [1.82, 2.24) is 21.3 Å². The Kier molecular flexibility index (Phi) is 18.0. The third kappa shape index (κ3) is 12.6. The zero-order valence-electron chi connectivity index (χ0n) is 33.0. The maximum absolute atomic E-state index is 12.4. The molecule has 4 fully saturated rings. The Labute approximate surface area is 347 Å². The van der Waals surface area contributed by atoms with Gasteiger partial charge in [0.1, 0.15) is 97.4 Å². The minimum atomic E-state index is -5.14. The first-order chi connectivity index (χ1) is 28.5. The monoisotopic (exact) mass is 910 g/mol. The molecular formula is C32H54N4O24S. The van der Waals surface area contributed by atoms with Crippen molar-refractivity contribution in [2.24, 2.45) is 0 Å². The first-order valence-electron chi connectivity index (χ1n) is 18.7. The summed E-state index contributed by atoms with van der Waals surface area (Å²) in [5, 5.41) is 106. The predicted molar refractivity (Wildman–Crippen MR) is 191 cm³/mol. The lowest BCUT2D eigenvalue weighted by atomic mass is 9.93. The van der Waals surface area contributed by atoms with Crippen LogP contribution in [0, 0.1) is 0 Å². The summed E-state index contributed by atoms with van der Waals surface area (Å²) in [6.07, 6.45) is -28.8. The summed E-state index contributed by atoms with van der Waals surface area (Å²) in [6, 6.07) is -6.56. The van der Waals surface area contributed by atoms with Gasteiger partial charge in [-0.3, -0.25) is 23.7 Å². The second-order valence-corrected chi connectivity index (χ2v) is 15.7. The van der Waals surface area contributed by atoms with Gasteiger partial charge < -0.3 is 100 Å². The van der Waals surface area contributed by atoms with E-state index in [1.54, 1.807) is 0 Å². The average molecular weight is 911 g/mol. The number of nitrogens with one attached hydrogen (secondary N) is 4. The van der Waals surface area contributed by atoms with Crippen molar-refractivity contribution in [3.63, 3.8) is 0 Å². The van der Waals surface area contributed by atoms with Crippen LogP contribution in [-0.2, 0) is 66.9 Å². The van der Waals surface area contributed by atoms with Crippen molar-refractivity contribution in [3.05, 3.63) is 0 Å². The highest BCUT2D eigenvalue weighted by atomic mass is 32.3. The van der Waals surface area contributed by atoms with Gasteiger partial charge in [-0.25, -0.2) is 4.18 Å². The van der Waals surface area contributed by atoms with Crippen LogP contribution in [0.15, 0.2) is 0 Å². The Morgan fingerprint density at radius 3 is 1.18 bits per heavy atom. The average Bonchev–Trinajstić information content (AvgIpc) is 3.16. The standard InChI is InChI=1S/C32H54N4O24S/c1-9(40)33-17-23(46)28(16(54-29(17)49)8-53-61(50,51)52)60-32-20(36-12(4)43)25(48)27(15(7-39)57-32)59-31-19(35-11(3)42)24(47)26(14(6-38)56-31)58-30-18(34-10(2)41)22(45)21(44)13(5-37)55-30/h13-32,37-39,44-49H,5-8H2,1-4H3,(H,33,40)(H,34,41)(H,35,42)(H,36,43)(H,50,51,52)/t13-,14-,15-,16-,17-,18-,19-,20-,21-,22-,23-,24-,25-,26-,27-,28-,29?,30+,31+,32+/m1/s1. The van der Waals surface area contributed by atoms with Crippen LogP contribution in [0.2, 0.25) is 0 Å². The summed E-state index contributed by atoms with van der Waals surface area (Å²) in [5.74, 6) is -3.10. The molecule has 4 aliphatic rings. The number of aliphatic hydroxyl groups is 9. The largest absolute Gasteiger partial charge is 0.397 e. The molecule has 0 saturated carbocycles. The smallest absolute Gasteiger partial charge is 0.394 e. The van der Waals surface area contributed by atoms with E-state index in [4.69, 9.17) is 37.7 Å². The molecule has 0 aliphatic carbocycles. The van der Waals surface area contributed by atoms with Crippen molar-refractivity contribution in [2.75, 3.05) is 26.4 Å². The Balaban J connectivity index is 1.63. The number of rotatable bonds is 16. The molecule has 4 heterocycles. The normalized spacial score (nSPS) is 41.9. The summed E-state index contributed by atoms with van der Waals surface area (Å²) >= 11 is 0. The molecule has 0 spiro atoms. The molecule has 0 aromatic rings. The highest BCUT2D eigenvalue weighted by Crippen LogP contribution is 2.34. The van der Waals surface area contributed by atoms with Gasteiger partial charge in [0.25, 0.3) is 0 Å². The lowest BCUT2D eigenvalue weighted by Crippen LogP contribution is -2.71. The van der Waals surface area contributed by atoms with Crippen molar-refractivity contribution in [1.29, 1.82) is 0 Å². The topological polar surface area (TPSA) is 427 Å². The lowest BCUT2D eigenvalue weighted by Gasteiger charge is -2.51. The first kappa shape index (κ1) is 50.8.